The number of hydrogen-bond donors (Lipinski definition) is 2. The third-order valence-corrected chi connectivity index (χ3v) is 3.80. The number of aromatic amines is 1. The number of benzene rings is 1. The van der Waals surface area contributed by atoms with Crippen LogP contribution in [0, 0.1) is 0 Å². The standard InChI is InChI=1S/C15H18N6O2/c1-20(2)15-17-14(18-19-15)16-12(22)11-8-21(3)13(23)10-7-5-4-6-9(10)11/h4-7,11H,8H2,1-3H3,(H2,16,17,18,19,22). The summed E-state index contributed by atoms with van der Waals surface area (Å²) < 4.78 is 0. The summed E-state index contributed by atoms with van der Waals surface area (Å²) in [6, 6.07) is 7.18. The van der Waals surface area contributed by atoms with E-state index >= 15 is 0 Å². The molecule has 2 N–H and O–H groups in total. The Morgan fingerprint density at radius 2 is 2.13 bits per heavy atom. The van der Waals surface area contributed by atoms with E-state index in [1.54, 1.807) is 29.0 Å². The summed E-state index contributed by atoms with van der Waals surface area (Å²) in [5.74, 6) is 0.0339. The Balaban J connectivity index is 1.84. The summed E-state index contributed by atoms with van der Waals surface area (Å²) in [5.41, 5.74) is 1.30. The first kappa shape index (κ1) is 15.0. The van der Waals surface area contributed by atoms with E-state index in [4.69, 9.17) is 0 Å². The molecule has 8 nitrogen and oxygen atoms in total. The Morgan fingerprint density at radius 3 is 2.83 bits per heavy atom. The number of likely N-dealkylation sites (N-methyl/N-ethyl adjacent to an activating group) is 1. The molecule has 1 aromatic carbocycles. The van der Waals surface area contributed by atoms with Gasteiger partial charge in [-0.2, -0.15) is 4.98 Å². The SMILES string of the molecule is CN1CC(C(=O)Nc2nc(N(C)C)n[nH]2)c2ccccc2C1=O. The van der Waals surface area contributed by atoms with Gasteiger partial charge in [0.15, 0.2) is 0 Å². The molecule has 0 spiro atoms. The van der Waals surface area contributed by atoms with E-state index in [2.05, 4.69) is 20.5 Å². The molecule has 1 aliphatic heterocycles. The number of fused-ring (bicyclic) bond motifs is 1. The van der Waals surface area contributed by atoms with Gasteiger partial charge in [0.05, 0.1) is 5.92 Å². The molecule has 1 atom stereocenters. The summed E-state index contributed by atoms with van der Waals surface area (Å²) in [6.07, 6.45) is 0. The average Bonchev–Trinajstić information content (AvgIpc) is 2.99. The molecule has 2 amide bonds. The molecule has 0 bridgehead atoms. The maximum atomic E-state index is 12.6. The van der Waals surface area contributed by atoms with Crippen LogP contribution in [0.4, 0.5) is 11.9 Å². The quantitative estimate of drug-likeness (QED) is 0.869. The summed E-state index contributed by atoms with van der Waals surface area (Å²) in [4.78, 5) is 32.3. The molecule has 0 fully saturated rings. The summed E-state index contributed by atoms with van der Waals surface area (Å²) in [6.45, 7) is 0.330. The number of carbonyl (C=O) groups excluding carboxylic acids is 2. The zero-order valence-corrected chi connectivity index (χ0v) is 13.2. The van der Waals surface area contributed by atoms with E-state index in [0.717, 1.165) is 5.56 Å². The van der Waals surface area contributed by atoms with Crippen molar-refractivity contribution >= 4 is 23.7 Å². The van der Waals surface area contributed by atoms with E-state index in [9.17, 15) is 9.59 Å². The monoisotopic (exact) mass is 314 g/mol. The van der Waals surface area contributed by atoms with Crippen molar-refractivity contribution in [3.63, 3.8) is 0 Å². The van der Waals surface area contributed by atoms with Gasteiger partial charge in [0.25, 0.3) is 5.91 Å². The smallest absolute Gasteiger partial charge is 0.253 e. The Bertz CT molecular complexity index is 754. The van der Waals surface area contributed by atoms with Crippen LogP contribution in [-0.4, -0.2) is 59.6 Å². The normalized spacial score (nSPS) is 16.9. The molecule has 2 heterocycles. The number of aromatic nitrogens is 3. The number of carbonyl (C=O) groups is 2. The van der Waals surface area contributed by atoms with Crippen molar-refractivity contribution in [3.8, 4) is 0 Å². The minimum atomic E-state index is -0.443. The highest BCUT2D eigenvalue weighted by Gasteiger charge is 2.33. The Kier molecular flexibility index (Phi) is 3.73. The van der Waals surface area contributed by atoms with Gasteiger partial charge in [-0.3, -0.25) is 14.9 Å². The van der Waals surface area contributed by atoms with E-state index < -0.39 is 5.92 Å². The zero-order valence-electron chi connectivity index (χ0n) is 13.2. The lowest BCUT2D eigenvalue weighted by Gasteiger charge is -2.30. The van der Waals surface area contributed by atoms with Crippen LogP contribution in [0.15, 0.2) is 24.3 Å². The molecule has 1 aliphatic rings. The van der Waals surface area contributed by atoms with Crippen LogP contribution in [0.2, 0.25) is 0 Å². The van der Waals surface area contributed by atoms with Gasteiger partial charge in [0.1, 0.15) is 0 Å². The van der Waals surface area contributed by atoms with Crippen molar-refractivity contribution in [2.75, 3.05) is 37.9 Å². The van der Waals surface area contributed by atoms with Gasteiger partial charge in [-0.1, -0.05) is 18.2 Å². The van der Waals surface area contributed by atoms with Crippen LogP contribution in [0.1, 0.15) is 21.8 Å². The van der Waals surface area contributed by atoms with E-state index in [0.29, 0.717) is 18.1 Å². The maximum Gasteiger partial charge on any atom is 0.253 e. The molecule has 1 unspecified atom stereocenters. The summed E-state index contributed by atoms with van der Waals surface area (Å²) in [5, 5.41) is 9.41. The van der Waals surface area contributed by atoms with Gasteiger partial charge in [-0.05, 0) is 11.6 Å². The predicted octanol–water partition coefficient (Wildman–Crippen LogP) is 0.679. The molecule has 0 aliphatic carbocycles. The first-order valence-electron chi connectivity index (χ1n) is 7.22. The molecule has 0 saturated carbocycles. The fourth-order valence-electron chi connectivity index (χ4n) is 2.59. The second-order valence-corrected chi connectivity index (χ2v) is 5.69. The Labute approximate surface area is 133 Å². The summed E-state index contributed by atoms with van der Waals surface area (Å²) >= 11 is 0. The van der Waals surface area contributed by atoms with Crippen LogP contribution >= 0.6 is 0 Å². The zero-order chi connectivity index (χ0) is 16.6. The number of nitrogens with one attached hydrogen (secondary N) is 2. The second kappa shape index (κ2) is 5.71. The van der Waals surface area contributed by atoms with Crippen molar-refractivity contribution < 1.29 is 9.59 Å². The van der Waals surface area contributed by atoms with Crippen molar-refractivity contribution in [3.05, 3.63) is 35.4 Å². The highest BCUT2D eigenvalue weighted by Crippen LogP contribution is 2.28. The van der Waals surface area contributed by atoms with Gasteiger partial charge in [0, 0.05) is 33.3 Å². The predicted molar refractivity (Wildman–Crippen MR) is 85.5 cm³/mol. The minimum absolute atomic E-state index is 0.0702. The van der Waals surface area contributed by atoms with Crippen LogP contribution in [0.3, 0.4) is 0 Å². The number of H-pyrrole nitrogens is 1. The second-order valence-electron chi connectivity index (χ2n) is 5.69. The van der Waals surface area contributed by atoms with Crippen LogP contribution in [0.25, 0.3) is 0 Å². The van der Waals surface area contributed by atoms with Crippen LogP contribution in [-0.2, 0) is 4.79 Å². The number of anilines is 2. The van der Waals surface area contributed by atoms with E-state index in [1.807, 2.05) is 26.2 Å². The summed E-state index contributed by atoms with van der Waals surface area (Å²) in [7, 11) is 5.32. The number of nitrogens with zero attached hydrogens (tertiary/aromatic N) is 4. The van der Waals surface area contributed by atoms with Gasteiger partial charge < -0.3 is 9.80 Å². The molecule has 3 rings (SSSR count). The lowest BCUT2D eigenvalue weighted by atomic mass is 9.89. The average molecular weight is 314 g/mol. The minimum Gasteiger partial charge on any atom is -0.346 e. The molecule has 8 heteroatoms. The van der Waals surface area contributed by atoms with Crippen LogP contribution in [0.5, 0.6) is 0 Å². The Morgan fingerprint density at radius 1 is 1.39 bits per heavy atom. The van der Waals surface area contributed by atoms with E-state index in [-0.39, 0.29) is 17.8 Å². The van der Waals surface area contributed by atoms with E-state index in [1.165, 1.54) is 0 Å². The topological polar surface area (TPSA) is 94.2 Å². The van der Waals surface area contributed by atoms with Crippen molar-refractivity contribution in [2.45, 2.75) is 5.92 Å². The molecule has 0 saturated heterocycles. The van der Waals surface area contributed by atoms with Crippen molar-refractivity contribution in [2.24, 2.45) is 0 Å². The molecule has 23 heavy (non-hydrogen) atoms. The third-order valence-electron chi connectivity index (χ3n) is 3.80. The number of amides is 2. The van der Waals surface area contributed by atoms with Gasteiger partial charge in [0.2, 0.25) is 17.8 Å². The fraction of sp³-hybridized carbons (Fsp3) is 0.333. The van der Waals surface area contributed by atoms with Gasteiger partial charge in [-0.25, -0.2) is 5.10 Å². The lowest BCUT2D eigenvalue weighted by molar-refractivity contribution is -0.118. The lowest BCUT2D eigenvalue weighted by Crippen LogP contribution is -2.41. The Hall–Kier alpha value is -2.90. The first-order valence-corrected chi connectivity index (χ1v) is 7.22. The number of rotatable bonds is 3. The highest BCUT2D eigenvalue weighted by atomic mass is 16.2. The molecule has 0 radical (unpaired) electrons. The number of hydrogen-bond acceptors (Lipinski definition) is 5. The van der Waals surface area contributed by atoms with Crippen LogP contribution < -0.4 is 10.2 Å². The first-order chi connectivity index (χ1) is 11.0. The molecule has 1 aromatic heterocycles. The van der Waals surface area contributed by atoms with Gasteiger partial charge in [-0.15, -0.1) is 5.10 Å². The molecular formula is C15H18N6O2. The fourth-order valence-corrected chi connectivity index (χ4v) is 2.59. The third kappa shape index (κ3) is 2.75. The molecule has 2 aromatic rings. The molecule has 120 valence electrons. The van der Waals surface area contributed by atoms with Crippen molar-refractivity contribution in [1.29, 1.82) is 0 Å². The maximum absolute atomic E-state index is 12.6. The van der Waals surface area contributed by atoms with Gasteiger partial charge >= 0.3 is 0 Å². The molecular weight excluding hydrogens is 296 g/mol. The highest BCUT2D eigenvalue weighted by molar-refractivity contribution is 6.03. The van der Waals surface area contributed by atoms with Crippen molar-refractivity contribution in [1.82, 2.24) is 20.1 Å². The largest absolute Gasteiger partial charge is 0.346 e.